The van der Waals surface area contributed by atoms with Gasteiger partial charge in [0, 0.05) is 20.2 Å². The first-order chi connectivity index (χ1) is 10.1. The number of hydrogen-bond donors (Lipinski definition) is 1. The zero-order chi connectivity index (χ0) is 15.2. The van der Waals surface area contributed by atoms with Crippen LogP contribution in [-0.2, 0) is 19.1 Å². The van der Waals surface area contributed by atoms with Crippen LogP contribution in [0.4, 0.5) is 0 Å². The van der Waals surface area contributed by atoms with Crippen LogP contribution in [0, 0.1) is 0 Å². The number of carboxylic acid groups (broad SMARTS) is 1. The topological polar surface area (TPSA) is 76.1 Å². The largest absolute Gasteiger partial charge is 0.481 e. The molecule has 2 atom stereocenters. The Bertz CT molecular complexity index is 490. The molecule has 2 rings (SSSR count). The quantitative estimate of drug-likeness (QED) is 0.879. The Hall–Kier alpha value is -1.92. The van der Waals surface area contributed by atoms with Gasteiger partial charge in [-0.25, -0.2) is 0 Å². The minimum absolute atomic E-state index is 0.104. The van der Waals surface area contributed by atoms with Crippen LogP contribution in [-0.4, -0.2) is 54.8 Å². The molecule has 21 heavy (non-hydrogen) atoms. The van der Waals surface area contributed by atoms with Gasteiger partial charge in [0.1, 0.15) is 0 Å². The lowest BCUT2D eigenvalue weighted by molar-refractivity contribution is -0.154. The molecule has 2 unspecified atom stereocenters. The van der Waals surface area contributed by atoms with Gasteiger partial charge >= 0.3 is 5.97 Å². The summed E-state index contributed by atoms with van der Waals surface area (Å²) >= 11 is 0. The smallest absolute Gasteiger partial charge is 0.306 e. The molecule has 0 radical (unpaired) electrons. The zero-order valence-corrected chi connectivity index (χ0v) is 11.9. The number of hydrogen-bond acceptors (Lipinski definition) is 4. The lowest BCUT2D eigenvalue weighted by Crippen LogP contribution is -2.48. The van der Waals surface area contributed by atoms with E-state index < -0.39 is 18.2 Å². The Kier molecular flexibility index (Phi) is 5.30. The first-order valence-corrected chi connectivity index (χ1v) is 6.81. The highest BCUT2D eigenvalue weighted by atomic mass is 16.5. The average Bonchev–Trinajstić information content (AvgIpc) is 2.48. The number of methoxy groups -OCH3 is 1. The molecule has 1 aliphatic rings. The molecule has 0 aliphatic carbocycles. The Balaban J connectivity index is 2.05. The number of benzene rings is 1. The summed E-state index contributed by atoms with van der Waals surface area (Å²) in [4.78, 5) is 24.9. The molecule has 6 nitrogen and oxygen atoms in total. The summed E-state index contributed by atoms with van der Waals surface area (Å²) in [5, 5.41) is 8.82. The Morgan fingerprint density at radius 2 is 2.14 bits per heavy atom. The van der Waals surface area contributed by atoms with E-state index in [0.717, 1.165) is 5.56 Å². The molecular weight excluding hydrogens is 274 g/mol. The molecule has 1 aliphatic heterocycles. The molecule has 0 aromatic heterocycles. The van der Waals surface area contributed by atoms with Gasteiger partial charge in [0.2, 0.25) is 0 Å². The molecular formula is C15H19NO5. The Morgan fingerprint density at radius 1 is 1.43 bits per heavy atom. The molecule has 0 saturated carbocycles. The lowest BCUT2D eigenvalue weighted by Gasteiger charge is -2.34. The van der Waals surface area contributed by atoms with Gasteiger partial charge in [-0.3, -0.25) is 9.59 Å². The molecule has 1 saturated heterocycles. The van der Waals surface area contributed by atoms with Crippen LogP contribution in [0.1, 0.15) is 18.1 Å². The van der Waals surface area contributed by atoms with Gasteiger partial charge in [0.15, 0.2) is 6.10 Å². The van der Waals surface area contributed by atoms with Gasteiger partial charge in [-0.2, -0.15) is 0 Å². The minimum Gasteiger partial charge on any atom is -0.481 e. The number of morpholine rings is 1. The van der Waals surface area contributed by atoms with Gasteiger partial charge in [-0.1, -0.05) is 30.3 Å². The number of ether oxygens (including phenoxy) is 2. The molecule has 1 fully saturated rings. The Labute approximate surface area is 123 Å². The fraction of sp³-hybridized carbons (Fsp3) is 0.467. The maximum absolute atomic E-state index is 12.6. The molecule has 1 N–H and O–H groups in total. The van der Waals surface area contributed by atoms with Gasteiger partial charge in [-0.15, -0.1) is 0 Å². The van der Waals surface area contributed by atoms with Gasteiger partial charge in [0.25, 0.3) is 5.91 Å². The monoisotopic (exact) mass is 293 g/mol. The van der Waals surface area contributed by atoms with E-state index in [0.29, 0.717) is 13.2 Å². The van der Waals surface area contributed by atoms with E-state index in [1.807, 2.05) is 30.3 Å². The van der Waals surface area contributed by atoms with E-state index >= 15 is 0 Å². The number of amides is 1. The summed E-state index contributed by atoms with van der Waals surface area (Å²) in [5.41, 5.74) is 0.784. The predicted molar refractivity (Wildman–Crippen MR) is 74.8 cm³/mol. The molecule has 1 amide bonds. The first kappa shape index (κ1) is 15.5. The van der Waals surface area contributed by atoms with Crippen molar-refractivity contribution in [1.82, 2.24) is 4.90 Å². The second kappa shape index (κ2) is 7.19. The van der Waals surface area contributed by atoms with Crippen LogP contribution in [0.2, 0.25) is 0 Å². The number of rotatable bonds is 5. The second-order valence-electron chi connectivity index (χ2n) is 4.90. The standard InChI is InChI=1S/C15H19NO5/c1-20-14(11-5-3-2-4-6-11)15(19)16-7-8-21-12(10-16)9-13(17)18/h2-6,12,14H,7-10H2,1H3,(H,17,18). The van der Waals surface area contributed by atoms with Crippen molar-refractivity contribution in [2.75, 3.05) is 26.8 Å². The summed E-state index contributed by atoms with van der Waals surface area (Å²) < 4.78 is 10.7. The van der Waals surface area contributed by atoms with Crippen LogP contribution in [0.5, 0.6) is 0 Å². The van der Waals surface area contributed by atoms with Crippen molar-refractivity contribution in [2.45, 2.75) is 18.6 Å². The van der Waals surface area contributed by atoms with Crippen LogP contribution in [0.3, 0.4) is 0 Å². The highest BCUT2D eigenvalue weighted by Crippen LogP contribution is 2.21. The maximum Gasteiger partial charge on any atom is 0.306 e. The molecule has 1 heterocycles. The van der Waals surface area contributed by atoms with Crippen molar-refractivity contribution >= 4 is 11.9 Å². The van der Waals surface area contributed by atoms with Crippen molar-refractivity contribution in [2.24, 2.45) is 0 Å². The van der Waals surface area contributed by atoms with E-state index in [1.54, 1.807) is 4.90 Å². The normalized spacial score (nSPS) is 20.0. The third-order valence-corrected chi connectivity index (χ3v) is 3.42. The number of carbonyl (C=O) groups excluding carboxylic acids is 1. The first-order valence-electron chi connectivity index (χ1n) is 6.81. The van der Waals surface area contributed by atoms with Gasteiger partial charge in [-0.05, 0) is 5.56 Å². The van der Waals surface area contributed by atoms with Crippen LogP contribution in [0.25, 0.3) is 0 Å². The Morgan fingerprint density at radius 3 is 2.76 bits per heavy atom. The average molecular weight is 293 g/mol. The minimum atomic E-state index is -0.930. The maximum atomic E-state index is 12.6. The van der Waals surface area contributed by atoms with Crippen molar-refractivity contribution < 1.29 is 24.2 Å². The summed E-state index contributed by atoms with van der Waals surface area (Å²) in [6, 6.07) is 9.24. The van der Waals surface area contributed by atoms with E-state index in [2.05, 4.69) is 0 Å². The van der Waals surface area contributed by atoms with Crippen LogP contribution in [0.15, 0.2) is 30.3 Å². The molecule has 114 valence electrons. The fourth-order valence-corrected chi connectivity index (χ4v) is 2.41. The van der Waals surface area contributed by atoms with Crippen LogP contribution < -0.4 is 0 Å². The van der Waals surface area contributed by atoms with Crippen molar-refractivity contribution in [3.63, 3.8) is 0 Å². The fourth-order valence-electron chi connectivity index (χ4n) is 2.41. The summed E-state index contributed by atoms with van der Waals surface area (Å²) in [5.74, 6) is -1.09. The number of aliphatic carboxylic acids is 1. The number of carbonyl (C=O) groups is 2. The third kappa shape index (κ3) is 4.03. The summed E-state index contributed by atoms with van der Waals surface area (Å²) in [6.07, 6.45) is -1.24. The lowest BCUT2D eigenvalue weighted by atomic mass is 10.1. The van der Waals surface area contributed by atoms with E-state index in [1.165, 1.54) is 7.11 Å². The SMILES string of the molecule is COC(C(=O)N1CCOC(CC(=O)O)C1)c1ccccc1. The zero-order valence-electron chi connectivity index (χ0n) is 11.9. The summed E-state index contributed by atoms with van der Waals surface area (Å²) in [7, 11) is 1.49. The van der Waals surface area contributed by atoms with Crippen LogP contribution >= 0.6 is 0 Å². The number of nitrogens with zero attached hydrogens (tertiary/aromatic N) is 1. The molecule has 1 aromatic rings. The second-order valence-corrected chi connectivity index (χ2v) is 4.90. The molecule has 0 spiro atoms. The molecule has 1 aromatic carbocycles. The number of carboxylic acids is 1. The third-order valence-electron chi connectivity index (χ3n) is 3.42. The van der Waals surface area contributed by atoms with Crippen molar-refractivity contribution in [3.05, 3.63) is 35.9 Å². The highest BCUT2D eigenvalue weighted by molar-refractivity contribution is 5.82. The molecule has 6 heteroatoms. The summed E-state index contributed by atoms with van der Waals surface area (Å²) in [6.45, 7) is 1.06. The van der Waals surface area contributed by atoms with E-state index in [4.69, 9.17) is 14.6 Å². The van der Waals surface area contributed by atoms with Gasteiger partial charge in [0.05, 0.1) is 19.1 Å². The van der Waals surface area contributed by atoms with Crippen molar-refractivity contribution in [1.29, 1.82) is 0 Å². The van der Waals surface area contributed by atoms with E-state index in [9.17, 15) is 9.59 Å². The predicted octanol–water partition coefficient (Wildman–Crippen LogP) is 1.08. The highest BCUT2D eigenvalue weighted by Gasteiger charge is 2.31. The van der Waals surface area contributed by atoms with E-state index in [-0.39, 0.29) is 18.9 Å². The molecule has 0 bridgehead atoms. The van der Waals surface area contributed by atoms with Crippen molar-refractivity contribution in [3.8, 4) is 0 Å². The van der Waals surface area contributed by atoms with Gasteiger partial charge < -0.3 is 19.5 Å².